The molecule has 2 atom stereocenters. The van der Waals surface area contributed by atoms with E-state index >= 15 is 0 Å². The number of halogens is 1. The van der Waals surface area contributed by atoms with Gasteiger partial charge in [-0.2, -0.15) is 0 Å². The molecule has 0 spiro atoms. The van der Waals surface area contributed by atoms with E-state index in [9.17, 15) is 0 Å². The summed E-state index contributed by atoms with van der Waals surface area (Å²) >= 11 is 5.78. The summed E-state index contributed by atoms with van der Waals surface area (Å²) in [5.41, 5.74) is 0. The fourth-order valence-corrected chi connectivity index (χ4v) is 4.31. The average Bonchev–Trinajstić information content (AvgIpc) is 3.17. The van der Waals surface area contributed by atoms with Crippen LogP contribution in [0.4, 0.5) is 5.82 Å². The molecule has 126 valence electrons. The van der Waals surface area contributed by atoms with Crippen molar-refractivity contribution in [1.82, 2.24) is 15.1 Å². The molecule has 5 nitrogen and oxygen atoms in total. The van der Waals surface area contributed by atoms with Crippen molar-refractivity contribution in [2.24, 2.45) is 17.8 Å². The molecular weight excluding hydrogens is 312 g/mol. The SMILES string of the molecule is [2H]C([2H])(C1CCOCC1)N1CC2CC(Nc3ccc(Cl)nn3)CC2C1. The first-order valence-corrected chi connectivity index (χ1v) is 8.98. The van der Waals surface area contributed by atoms with E-state index in [4.69, 9.17) is 19.1 Å². The van der Waals surface area contributed by atoms with E-state index in [0.29, 0.717) is 36.2 Å². The minimum Gasteiger partial charge on any atom is -0.381 e. The molecule has 1 aliphatic carbocycles. The van der Waals surface area contributed by atoms with Gasteiger partial charge in [-0.15, -0.1) is 10.2 Å². The maximum atomic E-state index is 8.64. The second-order valence-corrected chi connectivity index (χ2v) is 7.38. The van der Waals surface area contributed by atoms with Gasteiger partial charge in [0.25, 0.3) is 0 Å². The lowest BCUT2D eigenvalue weighted by molar-refractivity contribution is 0.0545. The highest BCUT2D eigenvalue weighted by Crippen LogP contribution is 2.39. The number of fused-ring (bicyclic) bond motifs is 1. The van der Waals surface area contributed by atoms with E-state index in [2.05, 4.69) is 20.4 Å². The number of ether oxygens (including phenoxy) is 1. The van der Waals surface area contributed by atoms with E-state index in [-0.39, 0.29) is 5.92 Å². The van der Waals surface area contributed by atoms with Crippen LogP contribution in [-0.2, 0) is 4.74 Å². The molecule has 2 unspecified atom stereocenters. The third kappa shape index (κ3) is 3.78. The first kappa shape index (κ1) is 13.4. The standard InChI is InChI=1S/C17H25ClN4O/c18-16-1-2-17(21-20-16)19-15-7-13-10-22(11-14(13)8-15)9-12-3-5-23-6-4-12/h1-2,12-15H,3-11H2,(H,19,21)/i9D2. The Bertz CT molecular complexity index is 583. The maximum Gasteiger partial charge on any atom is 0.151 e. The fourth-order valence-electron chi connectivity index (χ4n) is 4.21. The largest absolute Gasteiger partial charge is 0.381 e. The highest BCUT2D eigenvalue weighted by atomic mass is 35.5. The van der Waals surface area contributed by atoms with Crippen molar-refractivity contribution in [3.63, 3.8) is 0 Å². The lowest BCUT2D eigenvalue weighted by atomic mass is 10.00. The summed E-state index contributed by atoms with van der Waals surface area (Å²) in [5.74, 6) is 1.99. The Labute approximate surface area is 145 Å². The lowest BCUT2D eigenvalue weighted by Gasteiger charge is -2.27. The molecule has 3 heterocycles. The molecule has 4 rings (SSSR count). The first-order valence-electron chi connectivity index (χ1n) is 9.61. The first-order chi connectivity index (χ1) is 12.0. The van der Waals surface area contributed by atoms with Gasteiger partial charge in [-0.25, -0.2) is 0 Å². The Balaban J connectivity index is 1.33. The van der Waals surface area contributed by atoms with Gasteiger partial charge in [0.2, 0.25) is 0 Å². The van der Waals surface area contributed by atoms with Crippen molar-refractivity contribution in [2.75, 3.05) is 38.1 Å². The second kappa shape index (κ2) is 6.91. The number of hydrogen-bond donors (Lipinski definition) is 1. The number of anilines is 1. The molecule has 3 aliphatic rings. The number of nitrogens with one attached hydrogen (secondary N) is 1. The normalized spacial score (nSPS) is 34.0. The van der Waals surface area contributed by atoms with Crippen LogP contribution in [0.15, 0.2) is 12.1 Å². The van der Waals surface area contributed by atoms with Gasteiger partial charge in [0, 0.05) is 41.6 Å². The van der Waals surface area contributed by atoms with Crippen molar-refractivity contribution >= 4 is 17.4 Å². The summed E-state index contributed by atoms with van der Waals surface area (Å²) in [6.45, 7) is 1.90. The summed E-state index contributed by atoms with van der Waals surface area (Å²) in [4.78, 5) is 2.09. The van der Waals surface area contributed by atoms with Gasteiger partial charge in [0.15, 0.2) is 5.15 Å². The zero-order chi connectivity index (χ0) is 17.4. The second-order valence-electron chi connectivity index (χ2n) is 6.99. The molecule has 1 N–H and O–H groups in total. The average molecular weight is 339 g/mol. The van der Waals surface area contributed by atoms with E-state index in [1.165, 1.54) is 0 Å². The van der Waals surface area contributed by atoms with Crippen molar-refractivity contribution in [2.45, 2.75) is 31.7 Å². The Kier molecular flexibility index (Phi) is 4.02. The fraction of sp³-hybridized carbons (Fsp3) is 0.765. The summed E-state index contributed by atoms with van der Waals surface area (Å²) in [6.07, 6.45) is 3.79. The number of likely N-dealkylation sites (tertiary alicyclic amines) is 1. The molecular formula is C17H25ClN4O. The highest BCUT2D eigenvalue weighted by molar-refractivity contribution is 6.29. The maximum absolute atomic E-state index is 8.64. The van der Waals surface area contributed by atoms with Gasteiger partial charge < -0.3 is 15.0 Å². The summed E-state index contributed by atoms with van der Waals surface area (Å²) in [6, 6.07) is 4.00. The third-order valence-corrected chi connectivity index (χ3v) is 5.52. The van der Waals surface area contributed by atoms with Crippen LogP contribution in [0.25, 0.3) is 0 Å². The highest BCUT2D eigenvalue weighted by Gasteiger charge is 2.41. The molecule has 0 aromatic carbocycles. The van der Waals surface area contributed by atoms with E-state index < -0.39 is 6.50 Å². The van der Waals surface area contributed by atoms with Crippen LogP contribution in [0, 0.1) is 17.8 Å². The van der Waals surface area contributed by atoms with Gasteiger partial charge in [0.1, 0.15) is 5.82 Å². The number of rotatable bonds is 4. The predicted molar refractivity (Wildman–Crippen MR) is 90.6 cm³/mol. The predicted octanol–water partition coefficient (Wildman–Crippen LogP) is 2.68. The number of nitrogens with zero attached hydrogens (tertiary/aromatic N) is 3. The molecule has 1 aromatic rings. The molecule has 2 aliphatic heterocycles. The zero-order valence-electron chi connectivity index (χ0n) is 15.2. The quantitative estimate of drug-likeness (QED) is 0.914. The zero-order valence-corrected chi connectivity index (χ0v) is 14.0. The molecule has 6 heteroatoms. The van der Waals surface area contributed by atoms with E-state index in [1.54, 1.807) is 6.07 Å². The molecule has 1 saturated carbocycles. The smallest absolute Gasteiger partial charge is 0.151 e. The van der Waals surface area contributed by atoms with E-state index in [0.717, 1.165) is 44.6 Å². The van der Waals surface area contributed by atoms with Gasteiger partial charge in [-0.1, -0.05) is 11.6 Å². The Hall–Kier alpha value is -0.910. The van der Waals surface area contributed by atoms with E-state index in [1.807, 2.05) is 6.07 Å². The minimum atomic E-state index is -1.21. The van der Waals surface area contributed by atoms with Crippen molar-refractivity contribution in [3.05, 3.63) is 17.3 Å². The van der Waals surface area contributed by atoms with Crippen molar-refractivity contribution < 1.29 is 7.48 Å². The number of aromatic nitrogens is 2. The summed E-state index contributed by atoms with van der Waals surface area (Å²) < 4.78 is 22.7. The van der Waals surface area contributed by atoms with Gasteiger partial charge >= 0.3 is 0 Å². The van der Waals surface area contributed by atoms with Crippen LogP contribution in [0.1, 0.15) is 28.4 Å². The van der Waals surface area contributed by atoms with Crippen LogP contribution in [0.5, 0.6) is 0 Å². The van der Waals surface area contributed by atoms with Crippen LogP contribution < -0.4 is 5.32 Å². The topological polar surface area (TPSA) is 50.3 Å². The van der Waals surface area contributed by atoms with Crippen LogP contribution in [0.2, 0.25) is 5.15 Å². The molecule has 23 heavy (non-hydrogen) atoms. The van der Waals surface area contributed by atoms with Crippen LogP contribution >= 0.6 is 11.6 Å². The Morgan fingerprint density at radius 1 is 1.22 bits per heavy atom. The lowest BCUT2D eigenvalue weighted by Crippen LogP contribution is -2.32. The molecule has 0 radical (unpaired) electrons. The van der Waals surface area contributed by atoms with Gasteiger partial charge in [-0.3, -0.25) is 0 Å². The van der Waals surface area contributed by atoms with Crippen molar-refractivity contribution in [1.29, 1.82) is 0 Å². The van der Waals surface area contributed by atoms with Crippen molar-refractivity contribution in [3.8, 4) is 0 Å². The molecule has 0 amide bonds. The van der Waals surface area contributed by atoms with Crippen LogP contribution in [-0.4, -0.2) is 53.9 Å². The molecule has 0 bridgehead atoms. The molecule has 1 aromatic heterocycles. The summed E-state index contributed by atoms with van der Waals surface area (Å²) in [5, 5.41) is 11.8. The van der Waals surface area contributed by atoms with Gasteiger partial charge in [0.05, 0.1) is 0 Å². The monoisotopic (exact) mass is 338 g/mol. The van der Waals surface area contributed by atoms with Crippen LogP contribution in [0.3, 0.4) is 0 Å². The Morgan fingerprint density at radius 2 is 1.96 bits per heavy atom. The summed E-state index contributed by atoms with van der Waals surface area (Å²) in [7, 11) is 0. The van der Waals surface area contributed by atoms with Gasteiger partial charge in [-0.05, 0) is 55.6 Å². The minimum absolute atomic E-state index is 0.0957. The number of hydrogen-bond acceptors (Lipinski definition) is 5. The Morgan fingerprint density at radius 3 is 2.61 bits per heavy atom. The molecule has 2 saturated heterocycles. The third-order valence-electron chi connectivity index (χ3n) is 5.32. The molecule has 3 fully saturated rings.